The van der Waals surface area contributed by atoms with E-state index in [4.69, 9.17) is 4.98 Å². The van der Waals surface area contributed by atoms with Gasteiger partial charge in [0.2, 0.25) is 0 Å². The second-order valence-electron chi connectivity index (χ2n) is 14.4. The molecular weight excluding hydrogens is 474 g/mol. The van der Waals surface area contributed by atoms with Crippen molar-refractivity contribution in [1.29, 1.82) is 0 Å². The Balaban J connectivity index is 1.30. The summed E-state index contributed by atoms with van der Waals surface area (Å²) in [6.45, 7) is 20.6. The van der Waals surface area contributed by atoms with Gasteiger partial charge in [-0.3, -0.25) is 4.98 Å². The average molecular weight is 528 g/mol. The monoisotopic (exact) mass is 527 g/mol. The number of hydrogen-bond acceptors (Lipinski definition) is 2. The van der Waals surface area contributed by atoms with Crippen LogP contribution in [0.3, 0.4) is 0 Å². The van der Waals surface area contributed by atoms with Crippen molar-refractivity contribution in [2.45, 2.75) is 118 Å². The molecule has 1 aromatic rings. The third-order valence-electron chi connectivity index (χ3n) is 11.7. The predicted molar refractivity (Wildman–Crippen MR) is 165 cm³/mol. The van der Waals surface area contributed by atoms with Gasteiger partial charge in [0.05, 0.1) is 11.8 Å². The molecule has 0 spiro atoms. The predicted octanol–water partition coefficient (Wildman–Crippen LogP) is 9.28. The normalized spacial score (nSPS) is 35.9. The molecule has 0 aromatic carbocycles. The third kappa shape index (κ3) is 5.28. The van der Waals surface area contributed by atoms with Crippen LogP contribution in [0.4, 0.5) is 0 Å². The summed E-state index contributed by atoms with van der Waals surface area (Å²) in [6.07, 6.45) is 20.0. The summed E-state index contributed by atoms with van der Waals surface area (Å²) < 4.78 is 0. The van der Waals surface area contributed by atoms with Gasteiger partial charge in [0, 0.05) is 11.1 Å². The Morgan fingerprint density at radius 2 is 1.82 bits per heavy atom. The second kappa shape index (κ2) is 10.8. The van der Waals surface area contributed by atoms with Crippen LogP contribution in [-0.2, 0) is 5.41 Å². The minimum atomic E-state index is -0.458. The molecule has 1 aromatic heterocycles. The number of allylic oxidation sites excluding steroid dienone is 6. The van der Waals surface area contributed by atoms with E-state index in [1.54, 1.807) is 5.57 Å². The Kier molecular flexibility index (Phi) is 7.92. The number of nitrogens with zero attached hydrogens (tertiary/aromatic N) is 1. The average Bonchev–Trinajstić information content (AvgIpc) is 3.62. The molecule has 212 valence electrons. The van der Waals surface area contributed by atoms with Gasteiger partial charge in [-0.1, -0.05) is 64.2 Å². The molecule has 1 heterocycles. The minimum Gasteiger partial charge on any atom is -0.388 e. The van der Waals surface area contributed by atoms with Gasteiger partial charge in [0.25, 0.3) is 0 Å². The van der Waals surface area contributed by atoms with Crippen LogP contribution < -0.4 is 0 Å². The first-order valence-electron chi connectivity index (χ1n) is 15.9. The number of aromatic nitrogens is 1. The number of aliphatic hydroxyl groups excluding tert-OH is 1. The zero-order chi connectivity index (χ0) is 28.1. The first kappa shape index (κ1) is 28.6. The molecule has 0 aliphatic heterocycles. The maximum atomic E-state index is 11.4. The van der Waals surface area contributed by atoms with Crippen molar-refractivity contribution in [3.63, 3.8) is 0 Å². The summed E-state index contributed by atoms with van der Waals surface area (Å²) in [4.78, 5) is 4.92. The number of aryl methyl sites for hydroxylation is 2. The number of hydrogen-bond donors (Lipinski definition) is 1. The highest BCUT2D eigenvalue weighted by atomic mass is 16.3. The standard InChI is InChI=1S/C37H53NO/c1-23-20-25(3)28(6)31(21-23)13-12-30-10-9-17-36(8)32(14-15-33(30)36)24(2)11-16-35(39)37(18-19-37)34-22-26(4)27(5)29(7)38-34/h11-13,16,22-25,32-33,35,39H,6,9-10,14-15,17-21H2,1-5,7-8H3/b16-11+,30-12+,31-13-/t23-,24+,25-,32+,33-,35?,36+/m0/s1. The van der Waals surface area contributed by atoms with Crippen LogP contribution >= 0.6 is 0 Å². The van der Waals surface area contributed by atoms with Crippen LogP contribution in [0.5, 0.6) is 0 Å². The van der Waals surface area contributed by atoms with E-state index in [2.05, 4.69) is 85.4 Å². The molecule has 5 rings (SSSR count). The number of aliphatic hydroxyl groups is 1. The molecule has 0 bridgehead atoms. The van der Waals surface area contributed by atoms with E-state index in [-0.39, 0.29) is 5.41 Å². The largest absolute Gasteiger partial charge is 0.388 e. The Bertz CT molecular complexity index is 1170. The van der Waals surface area contributed by atoms with Crippen LogP contribution in [0, 0.1) is 55.8 Å². The number of rotatable bonds is 6. The molecule has 1 N–H and O–H groups in total. The molecule has 2 nitrogen and oxygen atoms in total. The second-order valence-corrected chi connectivity index (χ2v) is 14.4. The first-order chi connectivity index (χ1) is 18.5. The fourth-order valence-electron chi connectivity index (χ4n) is 8.77. The van der Waals surface area contributed by atoms with Gasteiger partial charge >= 0.3 is 0 Å². The molecule has 1 unspecified atom stereocenters. The fourth-order valence-corrected chi connectivity index (χ4v) is 8.77. The van der Waals surface area contributed by atoms with Crippen LogP contribution in [0.1, 0.15) is 108 Å². The van der Waals surface area contributed by atoms with Gasteiger partial charge in [-0.25, -0.2) is 0 Å². The van der Waals surface area contributed by atoms with Crippen molar-refractivity contribution < 1.29 is 5.11 Å². The van der Waals surface area contributed by atoms with Gasteiger partial charge in [-0.2, -0.15) is 0 Å². The summed E-state index contributed by atoms with van der Waals surface area (Å²) in [5.74, 6) is 3.20. The van der Waals surface area contributed by atoms with Gasteiger partial charge in [-0.05, 0) is 142 Å². The van der Waals surface area contributed by atoms with Crippen molar-refractivity contribution in [2.24, 2.45) is 35.0 Å². The van der Waals surface area contributed by atoms with Crippen LogP contribution in [-0.4, -0.2) is 16.2 Å². The van der Waals surface area contributed by atoms with Gasteiger partial charge < -0.3 is 5.11 Å². The molecule has 39 heavy (non-hydrogen) atoms. The zero-order valence-corrected chi connectivity index (χ0v) is 25.8. The van der Waals surface area contributed by atoms with Crippen LogP contribution in [0.25, 0.3) is 0 Å². The molecule has 2 heteroatoms. The minimum absolute atomic E-state index is 0.187. The molecule has 7 atom stereocenters. The van der Waals surface area contributed by atoms with E-state index in [9.17, 15) is 5.11 Å². The van der Waals surface area contributed by atoms with E-state index in [1.807, 2.05) is 0 Å². The maximum absolute atomic E-state index is 11.4. The highest BCUT2D eigenvalue weighted by Crippen LogP contribution is 2.60. The van der Waals surface area contributed by atoms with Gasteiger partial charge in [-0.15, -0.1) is 0 Å². The lowest BCUT2D eigenvalue weighted by Gasteiger charge is -2.44. The summed E-state index contributed by atoms with van der Waals surface area (Å²) in [5, 5.41) is 11.4. The summed E-state index contributed by atoms with van der Waals surface area (Å²) in [7, 11) is 0. The molecule has 4 aliphatic rings. The summed E-state index contributed by atoms with van der Waals surface area (Å²) in [6, 6.07) is 2.22. The number of pyridine rings is 1. The lowest BCUT2D eigenvalue weighted by Crippen LogP contribution is -2.35. The Labute approximate surface area is 238 Å². The molecule has 4 saturated carbocycles. The van der Waals surface area contributed by atoms with Crippen molar-refractivity contribution in [1.82, 2.24) is 4.98 Å². The van der Waals surface area contributed by atoms with Crippen molar-refractivity contribution in [3.8, 4) is 0 Å². The van der Waals surface area contributed by atoms with Crippen molar-refractivity contribution in [3.05, 3.63) is 76.2 Å². The molecular formula is C37H53NO. The van der Waals surface area contributed by atoms with E-state index in [0.29, 0.717) is 29.1 Å². The maximum Gasteiger partial charge on any atom is 0.0832 e. The molecule has 0 radical (unpaired) electrons. The highest BCUT2D eigenvalue weighted by Gasteiger charge is 2.52. The van der Waals surface area contributed by atoms with E-state index in [1.165, 1.54) is 67.2 Å². The Morgan fingerprint density at radius 3 is 2.51 bits per heavy atom. The van der Waals surface area contributed by atoms with E-state index in [0.717, 1.165) is 30.1 Å². The quantitative estimate of drug-likeness (QED) is 0.374. The lowest BCUT2D eigenvalue weighted by molar-refractivity contribution is 0.111. The summed E-state index contributed by atoms with van der Waals surface area (Å²) in [5.41, 5.74) is 9.43. The molecule has 0 saturated heterocycles. The van der Waals surface area contributed by atoms with Gasteiger partial charge in [0.15, 0.2) is 0 Å². The molecule has 4 fully saturated rings. The zero-order valence-electron chi connectivity index (χ0n) is 25.8. The molecule has 0 amide bonds. The van der Waals surface area contributed by atoms with E-state index < -0.39 is 6.10 Å². The van der Waals surface area contributed by atoms with Crippen molar-refractivity contribution in [2.75, 3.05) is 0 Å². The van der Waals surface area contributed by atoms with E-state index >= 15 is 0 Å². The Morgan fingerprint density at radius 1 is 1.08 bits per heavy atom. The summed E-state index contributed by atoms with van der Waals surface area (Å²) >= 11 is 0. The fraction of sp³-hybridized carbons (Fsp3) is 0.649. The van der Waals surface area contributed by atoms with Crippen LogP contribution in [0.2, 0.25) is 0 Å². The SMILES string of the molecule is C=C1/C(=C\C=C2/CCC[C@]3(C)[C@@H]([C@H](C)/C=C/C(O)C4(c5cc(C)c(C)c(C)n5)CC4)CC[C@@H]23)C[C@@H](C)C[C@@H]1C. The molecule has 4 aliphatic carbocycles. The van der Waals surface area contributed by atoms with Gasteiger partial charge in [0.1, 0.15) is 0 Å². The number of fused-ring (bicyclic) bond motifs is 1. The lowest BCUT2D eigenvalue weighted by atomic mass is 9.61. The Hall–Kier alpha value is -1.93. The highest BCUT2D eigenvalue weighted by molar-refractivity contribution is 5.39. The topological polar surface area (TPSA) is 33.1 Å². The smallest absolute Gasteiger partial charge is 0.0832 e. The van der Waals surface area contributed by atoms with Crippen molar-refractivity contribution >= 4 is 0 Å². The third-order valence-corrected chi connectivity index (χ3v) is 11.7. The van der Waals surface area contributed by atoms with Crippen LogP contribution in [0.15, 0.2) is 53.7 Å². The first-order valence-corrected chi connectivity index (χ1v) is 15.9.